The van der Waals surface area contributed by atoms with Gasteiger partial charge in [-0.3, -0.25) is 13.9 Å². The molecule has 0 bridgehead atoms. The highest BCUT2D eigenvalue weighted by atomic mass is 35.5. The van der Waals surface area contributed by atoms with Gasteiger partial charge < -0.3 is 10.2 Å². The summed E-state index contributed by atoms with van der Waals surface area (Å²) in [7, 11) is -2.61. The van der Waals surface area contributed by atoms with E-state index in [-0.39, 0.29) is 23.3 Å². The van der Waals surface area contributed by atoms with Crippen molar-refractivity contribution in [2.24, 2.45) is 0 Å². The van der Waals surface area contributed by atoms with Gasteiger partial charge in [0.15, 0.2) is 0 Å². The largest absolute Gasteiger partial charge is 0.357 e. The minimum absolute atomic E-state index is 0.0507. The van der Waals surface area contributed by atoms with Crippen LogP contribution >= 0.6 is 11.6 Å². The molecule has 3 rings (SSSR count). The lowest BCUT2D eigenvalue weighted by Crippen LogP contribution is -2.51. The first kappa shape index (κ1) is 30.2. The molecule has 0 radical (unpaired) electrons. The zero-order chi connectivity index (χ0) is 28.7. The number of hydrogen-bond donors (Lipinski definition) is 1. The van der Waals surface area contributed by atoms with Crippen LogP contribution in [0.15, 0.2) is 77.7 Å². The molecule has 1 N–H and O–H groups in total. The van der Waals surface area contributed by atoms with Gasteiger partial charge in [-0.1, -0.05) is 80.4 Å². The predicted octanol–water partition coefficient (Wildman–Crippen LogP) is 5.52. The van der Waals surface area contributed by atoms with E-state index in [1.807, 2.05) is 19.1 Å². The Hall–Kier alpha value is -3.36. The van der Waals surface area contributed by atoms with Crippen LogP contribution in [-0.2, 0) is 26.2 Å². The topological polar surface area (TPSA) is 86.8 Å². The second-order valence-electron chi connectivity index (χ2n) is 9.72. The van der Waals surface area contributed by atoms with Crippen LogP contribution in [-0.4, -0.2) is 44.8 Å². The monoisotopic (exact) mass is 569 g/mol. The molecule has 3 aromatic rings. The van der Waals surface area contributed by atoms with Crippen LogP contribution in [0, 0.1) is 6.92 Å². The molecule has 2 amide bonds. The molecule has 1 unspecified atom stereocenters. The number of rotatable bonds is 11. The van der Waals surface area contributed by atoms with Crippen molar-refractivity contribution in [2.45, 2.75) is 57.5 Å². The minimum Gasteiger partial charge on any atom is -0.357 e. The summed E-state index contributed by atoms with van der Waals surface area (Å²) in [6, 6.07) is 19.9. The first-order valence-electron chi connectivity index (χ1n) is 12.9. The van der Waals surface area contributed by atoms with Crippen molar-refractivity contribution in [1.82, 2.24) is 10.2 Å². The average molecular weight is 570 g/mol. The lowest BCUT2D eigenvalue weighted by molar-refractivity contribution is -0.140. The van der Waals surface area contributed by atoms with E-state index in [1.54, 1.807) is 55.5 Å². The molecule has 0 fully saturated rings. The standard InChI is InChI=1S/C30H36ClN3O4S/c1-6-28(30(36)32-5)33(19-24-9-7-8-10-27(24)31)29(35)20-34(25-15-13-23(14-16-25)21(2)3)39(37,38)26-17-11-22(4)12-18-26/h7-18,21,28H,6,19-20H2,1-5H3,(H,32,36). The Bertz CT molecular complexity index is 1390. The van der Waals surface area contributed by atoms with Gasteiger partial charge in [0.05, 0.1) is 10.6 Å². The van der Waals surface area contributed by atoms with Crippen molar-refractivity contribution in [3.05, 3.63) is 94.5 Å². The van der Waals surface area contributed by atoms with E-state index in [9.17, 15) is 18.0 Å². The van der Waals surface area contributed by atoms with E-state index < -0.39 is 28.5 Å². The molecule has 0 spiro atoms. The first-order chi connectivity index (χ1) is 18.5. The number of nitrogens with zero attached hydrogens (tertiary/aromatic N) is 2. The van der Waals surface area contributed by atoms with E-state index in [4.69, 9.17) is 11.6 Å². The third kappa shape index (κ3) is 7.19. The fraction of sp³-hybridized carbons (Fsp3) is 0.333. The summed E-state index contributed by atoms with van der Waals surface area (Å²) in [6.07, 6.45) is 0.337. The van der Waals surface area contributed by atoms with E-state index >= 15 is 0 Å². The molecular formula is C30H36ClN3O4S. The zero-order valence-corrected chi connectivity index (χ0v) is 24.6. The molecule has 0 saturated carbocycles. The van der Waals surface area contributed by atoms with Gasteiger partial charge in [0.2, 0.25) is 11.8 Å². The van der Waals surface area contributed by atoms with Gasteiger partial charge in [-0.2, -0.15) is 0 Å². The number of carbonyl (C=O) groups excluding carboxylic acids is 2. The third-order valence-corrected chi connectivity index (χ3v) is 8.82. The van der Waals surface area contributed by atoms with Crippen LogP contribution in [0.4, 0.5) is 5.69 Å². The molecule has 208 valence electrons. The molecule has 39 heavy (non-hydrogen) atoms. The highest BCUT2D eigenvalue weighted by molar-refractivity contribution is 7.92. The Labute approximate surface area is 236 Å². The Morgan fingerprint density at radius 3 is 2.10 bits per heavy atom. The molecular weight excluding hydrogens is 534 g/mol. The molecule has 0 aliphatic heterocycles. The van der Waals surface area contributed by atoms with Gasteiger partial charge in [-0.15, -0.1) is 0 Å². The quantitative estimate of drug-likeness (QED) is 0.329. The Balaban J connectivity index is 2.08. The van der Waals surface area contributed by atoms with Gasteiger partial charge in [-0.05, 0) is 60.7 Å². The van der Waals surface area contributed by atoms with E-state index in [0.717, 1.165) is 15.4 Å². The molecule has 7 nitrogen and oxygen atoms in total. The lowest BCUT2D eigenvalue weighted by atomic mass is 10.0. The first-order valence-corrected chi connectivity index (χ1v) is 14.7. The van der Waals surface area contributed by atoms with Crippen LogP contribution in [0.25, 0.3) is 0 Å². The number of hydrogen-bond acceptors (Lipinski definition) is 4. The molecule has 3 aromatic carbocycles. The number of carbonyl (C=O) groups is 2. The predicted molar refractivity (Wildman–Crippen MR) is 156 cm³/mol. The number of sulfonamides is 1. The molecule has 0 aromatic heterocycles. The Kier molecular flexibility index (Phi) is 10.2. The number of halogens is 1. The van der Waals surface area contributed by atoms with Crippen molar-refractivity contribution in [3.63, 3.8) is 0 Å². The van der Waals surface area contributed by atoms with Crippen LogP contribution in [0.5, 0.6) is 0 Å². The van der Waals surface area contributed by atoms with Gasteiger partial charge in [0.1, 0.15) is 12.6 Å². The SMILES string of the molecule is CCC(C(=O)NC)N(Cc1ccccc1Cl)C(=O)CN(c1ccc(C(C)C)cc1)S(=O)(=O)c1ccc(C)cc1. The molecule has 0 saturated heterocycles. The summed E-state index contributed by atoms with van der Waals surface area (Å²) in [5.41, 5.74) is 2.98. The van der Waals surface area contributed by atoms with E-state index in [2.05, 4.69) is 19.2 Å². The molecule has 0 aliphatic carbocycles. The second-order valence-corrected chi connectivity index (χ2v) is 12.0. The van der Waals surface area contributed by atoms with Crippen molar-refractivity contribution in [3.8, 4) is 0 Å². The van der Waals surface area contributed by atoms with Crippen LogP contribution in [0.2, 0.25) is 5.02 Å². The highest BCUT2D eigenvalue weighted by Crippen LogP contribution is 2.27. The highest BCUT2D eigenvalue weighted by Gasteiger charge is 2.33. The normalized spacial score (nSPS) is 12.2. The second kappa shape index (κ2) is 13.1. The van der Waals surface area contributed by atoms with Crippen LogP contribution < -0.4 is 9.62 Å². The number of benzene rings is 3. The van der Waals surface area contributed by atoms with E-state index in [1.165, 1.54) is 24.1 Å². The Morgan fingerprint density at radius 1 is 0.949 bits per heavy atom. The number of amides is 2. The summed E-state index contributed by atoms with van der Waals surface area (Å²) in [6.45, 7) is 7.34. The molecule has 0 aliphatic rings. The van der Waals surface area contributed by atoms with Crippen molar-refractivity contribution in [1.29, 1.82) is 0 Å². The number of nitrogens with one attached hydrogen (secondary N) is 1. The maximum absolute atomic E-state index is 14.0. The molecule has 9 heteroatoms. The van der Waals surface area contributed by atoms with Crippen molar-refractivity contribution < 1.29 is 18.0 Å². The maximum Gasteiger partial charge on any atom is 0.264 e. The smallest absolute Gasteiger partial charge is 0.264 e. The van der Waals surface area contributed by atoms with Gasteiger partial charge in [-0.25, -0.2) is 8.42 Å². The van der Waals surface area contributed by atoms with Gasteiger partial charge in [0.25, 0.3) is 10.0 Å². The zero-order valence-electron chi connectivity index (χ0n) is 23.0. The van der Waals surface area contributed by atoms with Crippen LogP contribution in [0.1, 0.15) is 49.8 Å². The summed E-state index contributed by atoms with van der Waals surface area (Å²) < 4.78 is 28.9. The van der Waals surface area contributed by atoms with Gasteiger partial charge in [0, 0.05) is 18.6 Å². The van der Waals surface area contributed by atoms with Crippen LogP contribution in [0.3, 0.4) is 0 Å². The summed E-state index contributed by atoms with van der Waals surface area (Å²) in [5, 5.41) is 3.07. The number of anilines is 1. The van der Waals surface area contributed by atoms with E-state index in [0.29, 0.717) is 22.7 Å². The average Bonchev–Trinajstić information content (AvgIpc) is 2.92. The lowest BCUT2D eigenvalue weighted by Gasteiger charge is -2.33. The Morgan fingerprint density at radius 2 is 1.56 bits per heavy atom. The summed E-state index contributed by atoms with van der Waals surface area (Å²) in [4.78, 5) is 28.2. The van der Waals surface area contributed by atoms with Crippen molar-refractivity contribution >= 4 is 39.1 Å². The maximum atomic E-state index is 14.0. The van der Waals surface area contributed by atoms with Crippen molar-refractivity contribution in [2.75, 3.05) is 17.9 Å². The number of aryl methyl sites for hydroxylation is 1. The fourth-order valence-corrected chi connectivity index (χ4v) is 5.90. The minimum atomic E-state index is -4.11. The summed E-state index contributed by atoms with van der Waals surface area (Å²) in [5.74, 6) is -0.604. The molecule has 0 heterocycles. The third-order valence-electron chi connectivity index (χ3n) is 6.67. The fourth-order valence-electron chi connectivity index (χ4n) is 4.29. The number of likely N-dealkylation sites (N-methyl/N-ethyl adjacent to an activating group) is 1. The molecule has 1 atom stereocenters. The summed E-state index contributed by atoms with van der Waals surface area (Å²) >= 11 is 6.40. The van der Waals surface area contributed by atoms with Gasteiger partial charge >= 0.3 is 0 Å².